The molecule has 2 heterocycles. The van der Waals surface area contributed by atoms with Gasteiger partial charge in [0.15, 0.2) is 0 Å². The van der Waals surface area contributed by atoms with Crippen LogP contribution in [0.1, 0.15) is 43.6 Å². The molecule has 2 aromatic heterocycles. The highest BCUT2D eigenvalue weighted by molar-refractivity contribution is 5.43. The van der Waals surface area contributed by atoms with Crippen molar-refractivity contribution < 1.29 is 0 Å². The average Bonchev–Trinajstić information content (AvgIpc) is 2.53. The summed E-state index contributed by atoms with van der Waals surface area (Å²) in [4.78, 5) is 11.4. The number of hydrogen-bond acceptors (Lipinski definition) is 4. The number of hydrogen-bond donors (Lipinski definition) is 1. The van der Waals surface area contributed by atoms with E-state index in [1.54, 1.807) is 0 Å². The zero-order chi connectivity index (χ0) is 15.2. The first-order valence-electron chi connectivity index (χ1n) is 7.49. The van der Waals surface area contributed by atoms with Crippen molar-refractivity contribution in [1.82, 2.24) is 9.97 Å². The minimum Gasteiger partial charge on any atom is -0.351 e. The molecule has 0 aliphatic rings. The monoisotopic (exact) mass is 284 g/mol. The Balaban J connectivity index is 2.30. The number of aromatic nitrogens is 2. The van der Waals surface area contributed by atoms with E-state index in [0.29, 0.717) is 12.5 Å². The molecule has 2 rings (SSSR count). The second-order valence-corrected chi connectivity index (χ2v) is 5.45. The van der Waals surface area contributed by atoms with Crippen molar-refractivity contribution in [3.8, 4) is 0 Å². The van der Waals surface area contributed by atoms with Crippen LogP contribution in [-0.2, 0) is 13.1 Å². The molecule has 4 nitrogen and oxygen atoms in total. The van der Waals surface area contributed by atoms with Gasteiger partial charge in [0.1, 0.15) is 5.82 Å². The molecule has 0 aromatic carbocycles. The molecule has 2 N–H and O–H groups in total. The molecule has 0 aliphatic carbocycles. The van der Waals surface area contributed by atoms with E-state index in [0.717, 1.165) is 35.9 Å². The first kappa shape index (κ1) is 15.4. The molecule has 0 amide bonds. The topological polar surface area (TPSA) is 55.0 Å². The summed E-state index contributed by atoms with van der Waals surface area (Å²) in [6, 6.07) is 10.2. The molecular formula is C17H24N4. The first-order chi connectivity index (χ1) is 10.1. The van der Waals surface area contributed by atoms with E-state index < -0.39 is 0 Å². The summed E-state index contributed by atoms with van der Waals surface area (Å²) >= 11 is 0. The highest BCUT2D eigenvalue weighted by Gasteiger charge is 2.11. The van der Waals surface area contributed by atoms with Gasteiger partial charge in [0.25, 0.3) is 0 Å². The minimum atomic E-state index is 0.392. The highest BCUT2D eigenvalue weighted by atomic mass is 15.2. The zero-order valence-electron chi connectivity index (χ0n) is 13.1. The predicted octanol–water partition coefficient (Wildman–Crippen LogP) is 3.09. The number of rotatable bonds is 6. The minimum absolute atomic E-state index is 0.392. The molecule has 0 fully saturated rings. The Morgan fingerprint density at radius 3 is 2.62 bits per heavy atom. The van der Waals surface area contributed by atoms with Crippen LogP contribution >= 0.6 is 0 Å². The molecule has 0 saturated carbocycles. The fourth-order valence-corrected chi connectivity index (χ4v) is 2.21. The largest absolute Gasteiger partial charge is 0.351 e. The molecule has 0 unspecified atom stereocenters. The maximum absolute atomic E-state index is 5.82. The molecule has 0 bridgehead atoms. The van der Waals surface area contributed by atoms with Gasteiger partial charge in [-0.25, -0.2) is 4.98 Å². The maximum atomic E-state index is 5.82. The number of nitrogens with zero attached hydrogens (tertiary/aromatic N) is 3. The van der Waals surface area contributed by atoms with E-state index >= 15 is 0 Å². The van der Waals surface area contributed by atoms with Crippen LogP contribution in [-0.4, -0.2) is 16.5 Å². The smallest absolute Gasteiger partial charge is 0.129 e. The third kappa shape index (κ3) is 4.02. The molecule has 112 valence electrons. The lowest BCUT2D eigenvalue weighted by Gasteiger charge is -2.23. The average molecular weight is 284 g/mol. The Hall–Kier alpha value is -1.94. The van der Waals surface area contributed by atoms with Gasteiger partial charge in [-0.1, -0.05) is 19.9 Å². The molecule has 21 heavy (non-hydrogen) atoms. The second kappa shape index (κ2) is 7.18. The Morgan fingerprint density at radius 1 is 1.24 bits per heavy atom. The third-order valence-electron chi connectivity index (χ3n) is 3.50. The van der Waals surface area contributed by atoms with Crippen LogP contribution in [0.15, 0.2) is 36.5 Å². The molecule has 0 atom stereocenters. The fraction of sp³-hybridized carbons (Fsp3) is 0.412. The molecular weight excluding hydrogens is 260 g/mol. The van der Waals surface area contributed by atoms with Crippen molar-refractivity contribution in [2.45, 2.75) is 39.8 Å². The van der Waals surface area contributed by atoms with E-state index in [9.17, 15) is 0 Å². The highest BCUT2D eigenvalue weighted by Crippen LogP contribution is 2.21. The van der Waals surface area contributed by atoms with Crippen molar-refractivity contribution in [2.75, 3.05) is 11.4 Å². The standard InChI is InChI=1S/C17H24N4/c1-4-21(12-15-7-5-6-8-19-15)17-10-14(11-18)9-16(20-17)13(2)3/h5-10,13H,4,11-12,18H2,1-3H3. The van der Waals surface area contributed by atoms with Gasteiger partial charge in [-0.3, -0.25) is 4.98 Å². The number of nitrogens with two attached hydrogens (primary N) is 1. The summed E-state index contributed by atoms with van der Waals surface area (Å²) in [5.74, 6) is 1.37. The third-order valence-corrected chi connectivity index (χ3v) is 3.50. The summed E-state index contributed by atoms with van der Waals surface area (Å²) < 4.78 is 0. The van der Waals surface area contributed by atoms with E-state index in [1.807, 2.05) is 24.4 Å². The maximum Gasteiger partial charge on any atom is 0.129 e. The van der Waals surface area contributed by atoms with E-state index in [4.69, 9.17) is 10.7 Å². The Morgan fingerprint density at radius 2 is 2.05 bits per heavy atom. The molecule has 0 aliphatic heterocycles. The second-order valence-electron chi connectivity index (χ2n) is 5.45. The van der Waals surface area contributed by atoms with Gasteiger partial charge < -0.3 is 10.6 Å². The van der Waals surface area contributed by atoms with Crippen LogP contribution in [0.2, 0.25) is 0 Å². The van der Waals surface area contributed by atoms with Gasteiger partial charge in [0, 0.05) is 25.0 Å². The summed E-state index contributed by atoms with van der Waals surface area (Å²) in [5.41, 5.74) is 9.09. The SMILES string of the molecule is CCN(Cc1ccccn1)c1cc(CN)cc(C(C)C)n1. The van der Waals surface area contributed by atoms with E-state index in [2.05, 4.69) is 42.8 Å². The van der Waals surface area contributed by atoms with Crippen molar-refractivity contribution in [3.05, 3.63) is 53.5 Å². The number of anilines is 1. The molecule has 0 radical (unpaired) electrons. The lowest BCUT2D eigenvalue weighted by atomic mass is 10.1. The lowest BCUT2D eigenvalue weighted by molar-refractivity contribution is 0.764. The van der Waals surface area contributed by atoms with Crippen LogP contribution in [0.5, 0.6) is 0 Å². The van der Waals surface area contributed by atoms with Crippen LogP contribution in [0.3, 0.4) is 0 Å². The van der Waals surface area contributed by atoms with Crippen LogP contribution < -0.4 is 10.6 Å². The summed E-state index contributed by atoms with van der Waals surface area (Å²) in [6.45, 7) is 8.62. The van der Waals surface area contributed by atoms with Crippen molar-refractivity contribution in [1.29, 1.82) is 0 Å². The normalized spacial score (nSPS) is 10.9. The van der Waals surface area contributed by atoms with Gasteiger partial charge in [0.2, 0.25) is 0 Å². The van der Waals surface area contributed by atoms with Crippen LogP contribution in [0.4, 0.5) is 5.82 Å². The summed E-state index contributed by atoms with van der Waals surface area (Å²) in [7, 11) is 0. The summed E-state index contributed by atoms with van der Waals surface area (Å²) in [6.07, 6.45) is 1.83. The van der Waals surface area contributed by atoms with Crippen molar-refractivity contribution >= 4 is 5.82 Å². The van der Waals surface area contributed by atoms with E-state index in [-0.39, 0.29) is 0 Å². The molecule has 0 saturated heterocycles. The Labute approximate surface area is 127 Å². The summed E-state index contributed by atoms with van der Waals surface area (Å²) in [5, 5.41) is 0. The molecule has 4 heteroatoms. The van der Waals surface area contributed by atoms with E-state index in [1.165, 1.54) is 0 Å². The van der Waals surface area contributed by atoms with Crippen LogP contribution in [0.25, 0.3) is 0 Å². The zero-order valence-corrected chi connectivity index (χ0v) is 13.1. The number of pyridine rings is 2. The van der Waals surface area contributed by atoms with Crippen molar-refractivity contribution in [2.24, 2.45) is 5.73 Å². The van der Waals surface area contributed by atoms with Gasteiger partial charge in [-0.15, -0.1) is 0 Å². The Kier molecular flexibility index (Phi) is 5.28. The van der Waals surface area contributed by atoms with Crippen molar-refractivity contribution in [3.63, 3.8) is 0 Å². The Bertz CT molecular complexity index is 566. The lowest BCUT2D eigenvalue weighted by Crippen LogP contribution is -2.24. The quantitative estimate of drug-likeness (QED) is 0.885. The van der Waals surface area contributed by atoms with Gasteiger partial charge >= 0.3 is 0 Å². The fourth-order valence-electron chi connectivity index (χ4n) is 2.21. The van der Waals surface area contributed by atoms with Gasteiger partial charge in [-0.2, -0.15) is 0 Å². The van der Waals surface area contributed by atoms with Gasteiger partial charge in [-0.05, 0) is 42.7 Å². The molecule has 0 spiro atoms. The van der Waals surface area contributed by atoms with Crippen LogP contribution in [0, 0.1) is 0 Å². The first-order valence-corrected chi connectivity index (χ1v) is 7.49. The van der Waals surface area contributed by atoms with Gasteiger partial charge in [0.05, 0.1) is 12.2 Å². The predicted molar refractivity (Wildman–Crippen MR) is 87.2 cm³/mol. The molecule has 2 aromatic rings.